The second-order valence-electron chi connectivity index (χ2n) is 5.46. The zero-order valence-electron chi connectivity index (χ0n) is 11.9. The van der Waals surface area contributed by atoms with Crippen LogP contribution < -0.4 is 10.1 Å². The van der Waals surface area contributed by atoms with Gasteiger partial charge in [-0.3, -0.25) is 0 Å². The van der Waals surface area contributed by atoms with Crippen molar-refractivity contribution in [2.24, 2.45) is 0 Å². The van der Waals surface area contributed by atoms with Crippen LogP contribution in [0.2, 0.25) is 0 Å². The molecular formula is C15H21F2NOS. The predicted octanol–water partition coefficient (Wildman–Crippen LogP) is 4.22. The lowest BCUT2D eigenvalue weighted by atomic mass is 10.0. The largest absolute Gasteiger partial charge is 0.435 e. The van der Waals surface area contributed by atoms with Gasteiger partial charge in [0.1, 0.15) is 5.75 Å². The first kappa shape index (κ1) is 15.6. The Balaban J connectivity index is 1.93. The molecule has 1 aliphatic rings. The molecule has 20 heavy (non-hydrogen) atoms. The number of alkyl halides is 2. The van der Waals surface area contributed by atoms with Crippen LogP contribution in [0.4, 0.5) is 8.78 Å². The van der Waals surface area contributed by atoms with E-state index in [0.29, 0.717) is 4.75 Å². The molecular weight excluding hydrogens is 280 g/mol. The van der Waals surface area contributed by atoms with Crippen molar-refractivity contribution >= 4 is 11.8 Å². The van der Waals surface area contributed by atoms with E-state index < -0.39 is 6.61 Å². The Kier molecular flexibility index (Phi) is 5.27. The molecule has 0 spiro atoms. The van der Waals surface area contributed by atoms with E-state index in [9.17, 15) is 8.78 Å². The first-order chi connectivity index (χ1) is 9.48. The minimum atomic E-state index is -2.78. The van der Waals surface area contributed by atoms with Crippen molar-refractivity contribution in [1.29, 1.82) is 0 Å². The molecule has 1 heterocycles. The van der Waals surface area contributed by atoms with Gasteiger partial charge in [-0.15, -0.1) is 0 Å². The molecule has 2 unspecified atom stereocenters. The van der Waals surface area contributed by atoms with E-state index >= 15 is 0 Å². The summed E-state index contributed by atoms with van der Waals surface area (Å²) in [6.07, 6.45) is 2.50. The minimum Gasteiger partial charge on any atom is -0.435 e. The molecule has 0 aromatic heterocycles. The van der Waals surface area contributed by atoms with Gasteiger partial charge in [-0.1, -0.05) is 12.1 Å². The standard InChI is InChI=1S/C15H21F2NOS/c1-11(18-10-15(2)7-4-8-20-15)12-5-3-6-13(9-12)19-14(16)17/h3,5-6,9,11,14,18H,4,7-8,10H2,1-2H3. The van der Waals surface area contributed by atoms with E-state index in [-0.39, 0.29) is 11.8 Å². The summed E-state index contributed by atoms with van der Waals surface area (Å²) in [5.41, 5.74) is 0.967. The number of ether oxygens (including phenoxy) is 1. The molecule has 0 bridgehead atoms. The van der Waals surface area contributed by atoms with Gasteiger partial charge in [0.15, 0.2) is 0 Å². The Morgan fingerprint density at radius 2 is 2.25 bits per heavy atom. The lowest BCUT2D eigenvalue weighted by Gasteiger charge is -2.26. The second kappa shape index (κ2) is 6.76. The highest BCUT2D eigenvalue weighted by Crippen LogP contribution is 2.37. The Hall–Kier alpha value is -0.810. The third-order valence-corrected chi connectivity index (χ3v) is 5.20. The van der Waals surface area contributed by atoms with Crippen LogP contribution in [0, 0.1) is 0 Å². The highest BCUT2D eigenvalue weighted by molar-refractivity contribution is 8.00. The topological polar surface area (TPSA) is 21.3 Å². The fourth-order valence-corrected chi connectivity index (χ4v) is 3.68. The summed E-state index contributed by atoms with van der Waals surface area (Å²) in [6.45, 7) is 2.48. The summed E-state index contributed by atoms with van der Waals surface area (Å²) in [6, 6.07) is 7.02. The number of nitrogens with one attached hydrogen (secondary N) is 1. The molecule has 0 saturated carbocycles. The van der Waals surface area contributed by atoms with Crippen molar-refractivity contribution in [2.75, 3.05) is 12.3 Å². The molecule has 1 fully saturated rings. The van der Waals surface area contributed by atoms with Crippen LogP contribution in [0.15, 0.2) is 24.3 Å². The van der Waals surface area contributed by atoms with Gasteiger partial charge in [0.2, 0.25) is 0 Å². The molecule has 0 radical (unpaired) electrons. The van der Waals surface area contributed by atoms with E-state index in [0.717, 1.165) is 12.1 Å². The van der Waals surface area contributed by atoms with Crippen molar-refractivity contribution in [3.05, 3.63) is 29.8 Å². The number of thioether (sulfide) groups is 1. The maximum Gasteiger partial charge on any atom is 0.387 e. The van der Waals surface area contributed by atoms with E-state index in [1.54, 1.807) is 18.2 Å². The molecule has 0 amide bonds. The Labute approximate surface area is 123 Å². The van der Waals surface area contributed by atoms with Gasteiger partial charge in [-0.05, 0) is 50.1 Å². The van der Waals surface area contributed by atoms with E-state index in [2.05, 4.69) is 17.0 Å². The molecule has 2 atom stereocenters. The molecule has 0 aliphatic carbocycles. The van der Waals surface area contributed by atoms with Gasteiger partial charge >= 0.3 is 6.61 Å². The molecule has 112 valence electrons. The number of hydrogen-bond donors (Lipinski definition) is 1. The Morgan fingerprint density at radius 1 is 1.45 bits per heavy atom. The number of benzene rings is 1. The fourth-order valence-electron chi connectivity index (χ4n) is 2.42. The van der Waals surface area contributed by atoms with Crippen LogP contribution in [0.25, 0.3) is 0 Å². The quantitative estimate of drug-likeness (QED) is 0.850. The van der Waals surface area contributed by atoms with E-state index in [4.69, 9.17) is 0 Å². The number of halogens is 2. The van der Waals surface area contributed by atoms with Crippen molar-refractivity contribution < 1.29 is 13.5 Å². The first-order valence-electron chi connectivity index (χ1n) is 6.91. The molecule has 1 aromatic carbocycles. The highest BCUT2D eigenvalue weighted by atomic mass is 32.2. The molecule has 2 nitrogen and oxygen atoms in total. The van der Waals surface area contributed by atoms with Crippen LogP contribution >= 0.6 is 11.8 Å². The Bertz CT molecular complexity index is 436. The first-order valence-corrected chi connectivity index (χ1v) is 7.89. The highest BCUT2D eigenvalue weighted by Gasteiger charge is 2.29. The van der Waals surface area contributed by atoms with Gasteiger partial charge in [-0.25, -0.2) is 0 Å². The summed E-state index contributed by atoms with van der Waals surface area (Å²) < 4.78 is 29.2. The molecule has 5 heteroatoms. The van der Waals surface area contributed by atoms with Crippen LogP contribution in [0.3, 0.4) is 0 Å². The van der Waals surface area contributed by atoms with Crippen molar-refractivity contribution in [2.45, 2.75) is 44.1 Å². The summed E-state index contributed by atoms with van der Waals surface area (Å²) in [4.78, 5) is 0. The van der Waals surface area contributed by atoms with Gasteiger partial charge in [0.25, 0.3) is 0 Å². The number of rotatable bonds is 6. The van der Waals surface area contributed by atoms with Crippen molar-refractivity contribution in [1.82, 2.24) is 5.32 Å². The maximum absolute atomic E-state index is 12.2. The zero-order chi connectivity index (χ0) is 14.6. The lowest BCUT2D eigenvalue weighted by molar-refractivity contribution is -0.0499. The average molecular weight is 301 g/mol. The summed E-state index contributed by atoms with van der Waals surface area (Å²) >= 11 is 2.01. The minimum absolute atomic E-state index is 0.120. The van der Waals surface area contributed by atoms with Crippen LogP contribution in [-0.4, -0.2) is 23.7 Å². The molecule has 2 rings (SSSR count). The van der Waals surface area contributed by atoms with E-state index in [1.165, 1.54) is 18.6 Å². The third-order valence-electron chi connectivity index (χ3n) is 3.67. The van der Waals surface area contributed by atoms with E-state index in [1.807, 2.05) is 24.8 Å². The van der Waals surface area contributed by atoms with Gasteiger partial charge < -0.3 is 10.1 Å². The average Bonchev–Trinajstić information content (AvgIpc) is 2.83. The molecule has 1 aromatic rings. The molecule has 1 saturated heterocycles. The van der Waals surface area contributed by atoms with Crippen LogP contribution in [0.1, 0.15) is 38.3 Å². The monoisotopic (exact) mass is 301 g/mol. The number of hydrogen-bond acceptors (Lipinski definition) is 3. The summed E-state index contributed by atoms with van der Waals surface area (Å²) in [5, 5.41) is 3.50. The molecule has 1 N–H and O–H groups in total. The van der Waals surface area contributed by atoms with Gasteiger partial charge in [-0.2, -0.15) is 20.5 Å². The Morgan fingerprint density at radius 3 is 2.90 bits per heavy atom. The molecule has 1 aliphatic heterocycles. The summed E-state index contributed by atoms with van der Waals surface area (Å²) in [5.74, 6) is 1.44. The SMILES string of the molecule is CC(NCC1(C)CCCS1)c1cccc(OC(F)F)c1. The predicted molar refractivity (Wildman–Crippen MR) is 79.6 cm³/mol. The van der Waals surface area contributed by atoms with Crippen molar-refractivity contribution in [3.8, 4) is 5.75 Å². The fraction of sp³-hybridized carbons (Fsp3) is 0.600. The maximum atomic E-state index is 12.2. The normalized spacial score (nSPS) is 24.1. The summed E-state index contributed by atoms with van der Waals surface area (Å²) in [7, 11) is 0. The third kappa shape index (κ3) is 4.35. The van der Waals surface area contributed by atoms with Gasteiger partial charge in [0.05, 0.1) is 0 Å². The lowest BCUT2D eigenvalue weighted by Crippen LogP contribution is -2.34. The second-order valence-corrected chi connectivity index (χ2v) is 7.14. The zero-order valence-corrected chi connectivity index (χ0v) is 12.7. The van der Waals surface area contributed by atoms with Gasteiger partial charge in [0, 0.05) is 17.3 Å². The smallest absolute Gasteiger partial charge is 0.387 e. The van der Waals surface area contributed by atoms with Crippen molar-refractivity contribution in [3.63, 3.8) is 0 Å². The van der Waals surface area contributed by atoms with Crippen LogP contribution in [-0.2, 0) is 0 Å². The van der Waals surface area contributed by atoms with Crippen LogP contribution in [0.5, 0.6) is 5.75 Å².